The number of benzene rings is 1. The monoisotopic (exact) mass is 243 g/mol. The van der Waals surface area contributed by atoms with E-state index in [0.717, 1.165) is 25.9 Å². The number of hydrogen-bond donors (Lipinski definition) is 0. The van der Waals surface area contributed by atoms with Crippen LogP contribution in [0.3, 0.4) is 0 Å². The Kier molecular flexibility index (Phi) is 7.22. The van der Waals surface area contributed by atoms with Crippen molar-refractivity contribution in [1.29, 1.82) is 0 Å². The Hall–Kier alpha value is -1.26. The van der Waals surface area contributed by atoms with Crippen LogP contribution in [0.4, 0.5) is 0 Å². The largest absolute Gasteiger partial charge is 0.289 e. The van der Waals surface area contributed by atoms with Crippen LogP contribution in [0.2, 0.25) is 0 Å². The molecule has 0 aliphatic carbocycles. The number of hydrogen-bond acceptors (Lipinski definition) is 1. The smallest absolute Gasteiger partial charge is 0.0601 e. The predicted octanol–water partition coefficient (Wildman–Crippen LogP) is 3.74. The van der Waals surface area contributed by atoms with Crippen molar-refractivity contribution >= 4 is 0 Å². The second-order valence-corrected chi connectivity index (χ2v) is 4.78. The van der Waals surface area contributed by atoms with Gasteiger partial charge in [0.15, 0.2) is 0 Å². The minimum Gasteiger partial charge on any atom is -0.289 e. The molecule has 0 fully saturated rings. The van der Waals surface area contributed by atoms with Crippen LogP contribution in [0.25, 0.3) is 0 Å². The fraction of sp³-hybridized carbons (Fsp3) is 0.529. The summed E-state index contributed by atoms with van der Waals surface area (Å²) < 4.78 is 0. The van der Waals surface area contributed by atoms with E-state index in [4.69, 9.17) is 6.42 Å². The zero-order chi connectivity index (χ0) is 13.2. The molecule has 0 N–H and O–H groups in total. The van der Waals surface area contributed by atoms with Gasteiger partial charge in [-0.15, -0.1) is 6.42 Å². The number of terminal acetylenes is 1. The van der Waals surface area contributed by atoms with Crippen molar-refractivity contribution in [1.82, 2.24) is 4.90 Å². The minimum atomic E-state index is 0.565. The van der Waals surface area contributed by atoms with Crippen molar-refractivity contribution in [2.75, 3.05) is 13.1 Å². The molecule has 0 saturated heterocycles. The Morgan fingerprint density at radius 1 is 1.22 bits per heavy atom. The van der Waals surface area contributed by atoms with Crippen molar-refractivity contribution < 1.29 is 0 Å². The standard InChI is InChI=1S/C17H25N/c1-4-7-14-18(13-5-2)17(6-3)15-16-11-9-8-10-12-16/h2,8-12,17H,4,6-7,13-15H2,1,3H3. The number of rotatable bonds is 8. The lowest BCUT2D eigenvalue weighted by Crippen LogP contribution is -2.37. The lowest BCUT2D eigenvalue weighted by atomic mass is 10.0. The highest BCUT2D eigenvalue weighted by Crippen LogP contribution is 2.13. The van der Waals surface area contributed by atoms with Gasteiger partial charge in [-0.2, -0.15) is 0 Å². The minimum absolute atomic E-state index is 0.565. The zero-order valence-electron chi connectivity index (χ0n) is 11.7. The summed E-state index contributed by atoms with van der Waals surface area (Å²) in [6, 6.07) is 11.3. The summed E-state index contributed by atoms with van der Waals surface area (Å²) in [5.74, 6) is 2.80. The third-order valence-electron chi connectivity index (χ3n) is 3.40. The van der Waals surface area contributed by atoms with Gasteiger partial charge in [0.1, 0.15) is 0 Å². The van der Waals surface area contributed by atoms with Crippen LogP contribution in [0.1, 0.15) is 38.7 Å². The van der Waals surface area contributed by atoms with E-state index < -0.39 is 0 Å². The van der Waals surface area contributed by atoms with Crippen molar-refractivity contribution in [2.24, 2.45) is 0 Å². The van der Waals surface area contributed by atoms with Crippen molar-refractivity contribution in [3.8, 4) is 12.3 Å². The summed E-state index contributed by atoms with van der Waals surface area (Å²) in [4.78, 5) is 2.45. The maximum Gasteiger partial charge on any atom is 0.0601 e. The Balaban J connectivity index is 2.63. The van der Waals surface area contributed by atoms with Crippen molar-refractivity contribution in [3.05, 3.63) is 35.9 Å². The first kappa shape index (κ1) is 14.8. The van der Waals surface area contributed by atoms with Gasteiger partial charge < -0.3 is 0 Å². The second kappa shape index (κ2) is 8.78. The second-order valence-electron chi connectivity index (χ2n) is 4.78. The molecular formula is C17H25N. The average Bonchev–Trinajstić information content (AvgIpc) is 2.42. The van der Waals surface area contributed by atoms with Crippen LogP contribution < -0.4 is 0 Å². The van der Waals surface area contributed by atoms with Crippen LogP contribution in [-0.4, -0.2) is 24.0 Å². The van der Waals surface area contributed by atoms with E-state index in [9.17, 15) is 0 Å². The van der Waals surface area contributed by atoms with Gasteiger partial charge in [-0.3, -0.25) is 4.90 Å². The lowest BCUT2D eigenvalue weighted by molar-refractivity contribution is 0.210. The maximum absolute atomic E-state index is 5.50. The van der Waals surface area contributed by atoms with Crippen LogP contribution in [0, 0.1) is 12.3 Å². The highest BCUT2D eigenvalue weighted by Gasteiger charge is 2.15. The Morgan fingerprint density at radius 2 is 1.94 bits per heavy atom. The maximum atomic E-state index is 5.50. The molecule has 0 aromatic heterocycles. The average molecular weight is 243 g/mol. The third kappa shape index (κ3) is 4.94. The molecule has 1 nitrogen and oxygen atoms in total. The molecule has 0 aliphatic heterocycles. The van der Waals surface area contributed by atoms with Gasteiger partial charge in [-0.05, 0) is 31.4 Å². The first-order valence-electron chi connectivity index (χ1n) is 7.03. The summed E-state index contributed by atoms with van der Waals surface area (Å²) in [5, 5.41) is 0. The fourth-order valence-electron chi connectivity index (χ4n) is 2.29. The Bertz CT molecular complexity index is 350. The summed E-state index contributed by atoms with van der Waals surface area (Å²) in [5.41, 5.74) is 1.41. The third-order valence-corrected chi connectivity index (χ3v) is 3.40. The van der Waals surface area contributed by atoms with E-state index in [2.05, 4.69) is 55.0 Å². The van der Waals surface area contributed by atoms with Crippen LogP contribution in [-0.2, 0) is 6.42 Å². The van der Waals surface area contributed by atoms with Gasteiger partial charge in [0, 0.05) is 6.04 Å². The van der Waals surface area contributed by atoms with Gasteiger partial charge in [-0.25, -0.2) is 0 Å². The summed E-state index contributed by atoms with van der Waals surface area (Å²) in [7, 11) is 0. The molecule has 1 aromatic rings. The summed E-state index contributed by atoms with van der Waals surface area (Å²) in [6.07, 6.45) is 10.2. The summed E-state index contributed by atoms with van der Waals surface area (Å²) in [6.45, 7) is 6.37. The molecule has 0 aliphatic rings. The number of unbranched alkanes of at least 4 members (excludes halogenated alkanes) is 1. The molecular weight excluding hydrogens is 218 g/mol. The van der Waals surface area contributed by atoms with Gasteiger partial charge in [-0.1, -0.05) is 56.5 Å². The molecule has 18 heavy (non-hydrogen) atoms. The molecule has 1 heteroatoms. The summed E-state index contributed by atoms with van der Waals surface area (Å²) >= 11 is 0. The normalized spacial score (nSPS) is 12.3. The van der Waals surface area contributed by atoms with Crippen LogP contribution >= 0.6 is 0 Å². The number of nitrogens with zero attached hydrogens (tertiary/aromatic N) is 1. The van der Waals surface area contributed by atoms with Gasteiger partial charge in [0.05, 0.1) is 6.54 Å². The van der Waals surface area contributed by atoms with Crippen LogP contribution in [0.15, 0.2) is 30.3 Å². The molecule has 98 valence electrons. The van der Waals surface area contributed by atoms with Gasteiger partial charge >= 0.3 is 0 Å². The first-order valence-corrected chi connectivity index (χ1v) is 7.03. The highest BCUT2D eigenvalue weighted by molar-refractivity contribution is 5.16. The van der Waals surface area contributed by atoms with E-state index in [-0.39, 0.29) is 0 Å². The molecule has 0 saturated carbocycles. The molecule has 0 amide bonds. The van der Waals surface area contributed by atoms with E-state index in [0.29, 0.717) is 6.04 Å². The Morgan fingerprint density at radius 3 is 2.50 bits per heavy atom. The predicted molar refractivity (Wildman–Crippen MR) is 79.5 cm³/mol. The highest BCUT2D eigenvalue weighted by atomic mass is 15.1. The van der Waals surface area contributed by atoms with E-state index in [1.54, 1.807) is 0 Å². The lowest BCUT2D eigenvalue weighted by Gasteiger charge is -2.29. The van der Waals surface area contributed by atoms with E-state index in [1.807, 2.05) is 0 Å². The van der Waals surface area contributed by atoms with E-state index >= 15 is 0 Å². The molecule has 0 radical (unpaired) electrons. The molecule has 1 atom stereocenters. The first-order chi connectivity index (χ1) is 8.81. The molecule has 1 unspecified atom stereocenters. The van der Waals surface area contributed by atoms with E-state index in [1.165, 1.54) is 18.4 Å². The molecule has 0 spiro atoms. The Labute approximate surface area is 112 Å². The SMILES string of the molecule is C#CCN(CCCC)C(CC)Cc1ccccc1. The topological polar surface area (TPSA) is 3.24 Å². The zero-order valence-corrected chi connectivity index (χ0v) is 11.7. The van der Waals surface area contributed by atoms with Crippen molar-refractivity contribution in [2.45, 2.75) is 45.6 Å². The quantitative estimate of drug-likeness (QED) is 0.629. The molecule has 1 aromatic carbocycles. The van der Waals surface area contributed by atoms with Gasteiger partial charge in [0.25, 0.3) is 0 Å². The molecule has 1 rings (SSSR count). The fourth-order valence-corrected chi connectivity index (χ4v) is 2.29. The molecule has 0 heterocycles. The molecule has 0 bridgehead atoms. The van der Waals surface area contributed by atoms with Crippen molar-refractivity contribution in [3.63, 3.8) is 0 Å². The van der Waals surface area contributed by atoms with Gasteiger partial charge in [0.2, 0.25) is 0 Å². The van der Waals surface area contributed by atoms with Crippen LogP contribution in [0.5, 0.6) is 0 Å².